The van der Waals surface area contributed by atoms with E-state index in [4.69, 9.17) is 4.74 Å². The van der Waals surface area contributed by atoms with Gasteiger partial charge in [0.15, 0.2) is 0 Å². The Balaban J connectivity index is 1.48. The standard InChI is InChI=1S/C17H26N4O2/c1-13-3-6-15(9-18-13)19-17(22)21-7-8-23-16(12-21)11-20(2)10-14-4-5-14/h3,6,9,14,16H,4-5,7-8,10-12H2,1-2H3,(H,19,22)/t16-/m1/s1. The zero-order valence-corrected chi connectivity index (χ0v) is 14.0. The van der Waals surface area contributed by atoms with Gasteiger partial charge in [-0.05, 0) is 44.9 Å². The molecule has 1 aromatic heterocycles. The lowest BCUT2D eigenvalue weighted by Crippen LogP contribution is -2.50. The summed E-state index contributed by atoms with van der Waals surface area (Å²) in [5.74, 6) is 0.872. The third-order valence-corrected chi connectivity index (χ3v) is 4.37. The minimum atomic E-state index is -0.0752. The summed E-state index contributed by atoms with van der Waals surface area (Å²) in [7, 11) is 2.14. The maximum atomic E-state index is 12.4. The molecule has 3 rings (SSSR count). The maximum absolute atomic E-state index is 12.4. The van der Waals surface area contributed by atoms with Crippen LogP contribution >= 0.6 is 0 Å². The summed E-state index contributed by atoms with van der Waals surface area (Å²) in [6.45, 7) is 5.82. The number of hydrogen-bond acceptors (Lipinski definition) is 4. The Morgan fingerprint density at radius 3 is 2.96 bits per heavy atom. The highest BCUT2D eigenvalue weighted by molar-refractivity contribution is 5.89. The number of nitrogens with zero attached hydrogens (tertiary/aromatic N) is 3. The summed E-state index contributed by atoms with van der Waals surface area (Å²) >= 11 is 0. The van der Waals surface area contributed by atoms with Crippen LogP contribution in [-0.4, -0.2) is 66.8 Å². The molecule has 0 spiro atoms. The highest BCUT2D eigenvalue weighted by Gasteiger charge is 2.27. The number of hydrogen-bond donors (Lipinski definition) is 1. The Kier molecular flexibility index (Phi) is 5.13. The molecule has 0 radical (unpaired) electrons. The second-order valence-corrected chi connectivity index (χ2v) is 6.72. The molecule has 1 aliphatic heterocycles. The van der Waals surface area contributed by atoms with E-state index in [-0.39, 0.29) is 12.1 Å². The first-order chi connectivity index (χ1) is 11.1. The molecule has 1 aliphatic carbocycles. The van der Waals surface area contributed by atoms with Crippen molar-refractivity contribution in [3.63, 3.8) is 0 Å². The predicted molar refractivity (Wildman–Crippen MR) is 89.5 cm³/mol. The van der Waals surface area contributed by atoms with Gasteiger partial charge in [0.2, 0.25) is 0 Å². The van der Waals surface area contributed by atoms with Crippen molar-refractivity contribution in [3.8, 4) is 0 Å². The number of aryl methyl sites for hydroxylation is 1. The third kappa shape index (κ3) is 4.91. The molecule has 6 heteroatoms. The fourth-order valence-corrected chi connectivity index (χ4v) is 2.92. The summed E-state index contributed by atoms with van der Waals surface area (Å²) in [6, 6.07) is 3.69. The number of carbonyl (C=O) groups is 1. The topological polar surface area (TPSA) is 57.7 Å². The molecule has 0 aromatic carbocycles. The molecule has 1 aromatic rings. The first-order valence-electron chi connectivity index (χ1n) is 8.39. The van der Waals surface area contributed by atoms with Crippen LogP contribution in [0.25, 0.3) is 0 Å². The number of rotatable bonds is 5. The predicted octanol–water partition coefficient (Wildman–Crippen LogP) is 1.96. The average molecular weight is 318 g/mol. The molecule has 2 fully saturated rings. The molecule has 2 heterocycles. The normalized spacial score (nSPS) is 21.5. The lowest BCUT2D eigenvalue weighted by atomic mass is 10.2. The first kappa shape index (κ1) is 16.2. The number of aromatic nitrogens is 1. The van der Waals surface area contributed by atoms with Gasteiger partial charge >= 0.3 is 6.03 Å². The van der Waals surface area contributed by atoms with Crippen LogP contribution in [0, 0.1) is 12.8 Å². The van der Waals surface area contributed by atoms with E-state index >= 15 is 0 Å². The fraction of sp³-hybridized carbons (Fsp3) is 0.647. The number of pyridine rings is 1. The van der Waals surface area contributed by atoms with Gasteiger partial charge in [0, 0.05) is 31.9 Å². The first-order valence-corrected chi connectivity index (χ1v) is 8.39. The van der Waals surface area contributed by atoms with Crippen molar-refractivity contribution in [2.24, 2.45) is 5.92 Å². The number of anilines is 1. The smallest absolute Gasteiger partial charge is 0.322 e. The van der Waals surface area contributed by atoms with Crippen molar-refractivity contribution in [2.75, 3.05) is 45.2 Å². The van der Waals surface area contributed by atoms with Crippen molar-refractivity contribution in [3.05, 3.63) is 24.0 Å². The zero-order valence-electron chi connectivity index (χ0n) is 14.0. The van der Waals surface area contributed by atoms with Crippen LogP contribution < -0.4 is 5.32 Å². The van der Waals surface area contributed by atoms with Crippen molar-refractivity contribution >= 4 is 11.7 Å². The molecule has 2 aliphatic rings. The summed E-state index contributed by atoms with van der Waals surface area (Å²) in [5.41, 5.74) is 1.67. The maximum Gasteiger partial charge on any atom is 0.322 e. The van der Waals surface area contributed by atoms with Gasteiger partial charge in [-0.2, -0.15) is 0 Å². The molecular formula is C17H26N4O2. The van der Waals surface area contributed by atoms with Gasteiger partial charge in [-0.15, -0.1) is 0 Å². The van der Waals surface area contributed by atoms with Crippen molar-refractivity contribution in [2.45, 2.75) is 25.9 Å². The summed E-state index contributed by atoms with van der Waals surface area (Å²) in [6.07, 6.45) is 4.49. The SMILES string of the molecule is Cc1ccc(NC(=O)N2CCO[C@H](CN(C)CC3CC3)C2)cn1. The van der Waals surface area contributed by atoms with Crippen LogP contribution in [-0.2, 0) is 4.74 Å². The van der Waals surface area contributed by atoms with E-state index in [1.165, 1.54) is 12.8 Å². The van der Waals surface area contributed by atoms with E-state index in [0.717, 1.165) is 30.4 Å². The number of morpholine rings is 1. The molecule has 2 amide bonds. The fourth-order valence-electron chi connectivity index (χ4n) is 2.92. The van der Waals surface area contributed by atoms with E-state index < -0.39 is 0 Å². The zero-order chi connectivity index (χ0) is 16.2. The molecule has 6 nitrogen and oxygen atoms in total. The number of carbonyl (C=O) groups excluding carboxylic acids is 1. The van der Waals surface area contributed by atoms with Crippen molar-refractivity contribution in [1.82, 2.24) is 14.8 Å². The van der Waals surface area contributed by atoms with Crippen LogP contribution in [0.5, 0.6) is 0 Å². The van der Waals surface area contributed by atoms with Gasteiger partial charge in [-0.1, -0.05) is 0 Å². The van der Waals surface area contributed by atoms with E-state index in [1.54, 1.807) is 6.20 Å². The Labute approximate surface area is 137 Å². The molecule has 126 valence electrons. The van der Waals surface area contributed by atoms with Gasteiger partial charge in [-0.3, -0.25) is 4.98 Å². The Morgan fingerprint density at radius 1 is 1.43 bits per heavy atom. The molecule has 1 saturated carbocycles. The molecular weight excluding hydrogens is 292 g/mol. The van der Waals surface area contributed by atoms with E-state index in [9.17, 15) is 4.79 Å². The van der Waals surface area contributed by atoms with Gasteiger partial charge in [0.25, 0.3) is 0 Å². The van der Waals surface area contributed by atoms with Crippen LogP contribution in [0.1, 0.15) is 18.5 Å². The second kappa shape index (κ2) is 7.27. The number of amides is 2. The lowest BCUT2D eigenvalue weighted by Gasteiger charge is -2.34. The minimum Gasteiger partial charge on any atom is -0.373 e. The quantitative estimate of drug-likeness (QED) is 0.902. The summed E-state index contributed by atoms with van der Waals surface area (Å²) in [4.78, 5) is 20.7. The Bertz CT molecular complexity index is 530. The van der Waals surface area contributed by atoms with Crippen molar-refractivity contribution in [1.29, 1.82) is 0 Å². The Morgan fingerprint density at radius 2 is 2.26 bits per heavy atom. The monoisotopic (exact) mass is 318 g/mol. The second-order valence-electron chi connectivity index (χ2n) is 6.72. The number of urea groups is 1. The van der Waals surface area contributed by atoms with Gasteiger partial charge in [0.05, 0.1) is 24.6 Å². The number of likely N-dealkylation sites (N-methyl/N-ethyl adjacent to an activating group) is 1. The minimum absolute atomic E-state index is 0.0752. The van der Waals surface area contributed by atoms with Crippen LogP contribution in [0.2, 0.25) is 0 Å². The number of ether oxygens (including phenoxy) is 1. The molecule has 0 unspecified atom stereocenters. The van der Waals surface area contributed by atoms with E-state index in [0.29, 0.717) is 19.7 Å². The largest absolute Gasteiger partial charge is 0.373 e. The number of nitrogens with one attached hydrogen (secondary N) is 1. The van der Waals surface area contributed by atoms with Crippen molar-refractivity contribution < 1.29 is 9.53 Å². The molecule has 0 bridgehead atoms. The van der Waals surface area contributed by atoms with E-state index in [2.05, 4.69) is 22.2 Å². The van der Waals surface area contributed by atoms with Crippen LogP contribution in [0.15, 0.2) is 18.3 Å². The molecule has 1 N–H and O–H groups in total. The molecule has 1 saturated heterocycles. The Hall–Kier alpha value is -1.66. The highest BCUT2D eigenvalue weighted by atomic mass is 16.5. The van der Waals surface area contributed by atoms with Gasteiger partial charge in [-0.25, -0.2) is 4.79 Å². The third-order valence-electron chi connectivity index (χ3n) is 4.37. The average Bonchev–Trinajstić information content (AvgIpc) is 3.33. The summed E-state index contributed by atoms with van der Waals surface area (Å²) in [5, 5.41) is 2.91. The van der Waals surface area contributed by atoms with Gasteiger partial charge in [0.1, 0.15) is 0 Å². The van der Waals surface area contributed by atoms with Gasteiger partial charge < -0.3 is 19.9 Å². The molecule has 1 atom stereocenters. The lowest BCUT2D eigenvalue weighted by molar-refractivity contribution is -0.0261. The van der Waals surface area contributed by atoms with E-state index in [1.807, 2.05) is 24.0 Å². The highest BCUT2D eigenvalue weighted by Crippen LogP contribution is 2.29. The molecule has 23 heavy (non-hydrogen) atoms. The van der Waals surface area contributed by atoms with Crippen LogP contribution in [0.3, 0.4) is 0 Å². The van der Waals surface area contributed by atoms with Crippen LogP contribution in [0.4, 0.5) is 10.5 Å². The summed E-state index contributed by atoms with van der Waals surface area (Å²) < 4.78 is 5.82.